The van der Waals surface area contributed by atoms with Crippen molar-refractivity contribution in [1.82, 2.24) is 9.21 Å². The predicted molar refractivity (Wildman–Crippen MR) is 115 cm³/mol. The molecule has 0 fully saturated rings. The van der Waals surface area contributed by atoms with Crippen molar-refractivity contribution in [2.24, 2.45) is 0 Å². The fourth-order valence-corrected chi connectivity index (χ4v) is 4.94. The highest BCUT2D eigenvalue weighted by Crippen LogP contribution is 2.26. The number of carbonyl (C=O) groups excluding carboxylic acids is 1. The summed E-state index contributed by atoms with van der Waals surface area (Å²) in [6.45, 7) is 5.31. The number of benzene rings is 2. The monoisotopic (exact) mass is 438 g/mol. The van der Waals surface area contributed by atoms with Gasteiger partial charge in [-0.3, -0.25) is 4.79 Å². The summed E-state index contributed by atoms with van der Waals surface area (Å²) in [7, 11) is -2.21. The van der Waals surface area contributed by atoms with Crippen LogP contribution < -0.4 is 0 Å². The Bertz CT molecular complexity index is 916. The van der Waals surface area contributed by atoms with E-state index >= 15 is 0 Å². The third-order valence-electron chi connectivity index (χ3n) is 4.57. The Labute approximate surface area is 178 Å². The molecule has 1 amide bonds. The number of hydrogen-bond acceptors (Lipinski definition) is 4. The summed E-state index contributed by atoms with van der Waals surface area (Å²) in [5.41, 5.74) is 1.24. The lowest BCUT2D eigenvalue weighted by molar-refractivity contribution is 0.0680. The molecule has 0 aliphatic rings. The summed E-state index contributed by atoms with van der Waals surface area (Å²) in [5, 5.41) is 0.0972. The van der Waals surface area contributed by atoms with E-state index in [0.29, 0.717) is 32.8 Å². The maximum Gasteiger partial charge on any atom is 0.254 e. The molecule has 0 unspecified atom stereocenters. The fraction of sp³-hybridized carbons (Fsp3) is 0.381. The molecule has 6 nitrogen and oxygen atoms in total. The minimum atomic E-state index is -3.78. The van der Waals surface area contributed by atoms with Crippen LogP contribution in [0.15, 0.2) is 53.4 Å². The van der Waals surface area contributed by atoms with Crippen molar-refractivity contribution < 1.29 is 17.9 Å². The maximum absolute atomic E-state index is 13.2. The largest absolute Gasteiger partial charge is 0.383 e. The molecule has 0 radical (unpaired) electrons. The second-order valence-electron chi connectivity index (χ2n) is 6.44. The molecule has 0 N–H and O–H groups in total. The number of ether oxygens (including phenoxy) is 1. The number of carbonyl (C=O) groups is 1. The summed E-state index contributed by atoms with van der Waals surface area (Å²) in [5.74, 6) is -0.279. The Morgan fingerprint density at radius 3 is 2.31 bits per heavy atom. The third-order valence-corrected chi connectivity index (χ3v) is 7.10. The molecule has 8 heteroatoms. The van der Waals surface area contributed by atoms with Crippen LogP contribution in [0.1, 0.15) is 29.8 Å². The predicted octanol–water partition coefficient (Wildman–Crippen LogP) is 3.66. The molecule has 0 bridgehead atoms. The van der Waals surface area contributed by atoms with Crippen LogP contribution in [0, 0.1) is 0 Å². The molecule has 158 valence electrons. The van der Waals surface area contributed by atoms with E-state index in [2.05, 4.69) is 0 Å². The molecule has 29 heavy (non-hydrogen) atoms. The van der Waals surface area contributed by atoms with Crippen LogP contribution in [0.25, 0.3) is 0 Å². The summed E-state index contributed by atoms with van der Waals surface area (Å²) in [6.07, 6.45) is 0. The third kappa shape index (κ3) is 5.79. The average molecular weight is 439 g/mol. The van der Waals surface area contributed by atoms with Crippen molar-refractivity contribution in [2.75, 3.05) is 33.4 Å². The first-order valence-electron chi connectivity index (χ1n) is 9.47. The average Bonchev–Trinajstić information content (AvgIpc) is 2.72. The van der Waals surface area contributed by atoms with Gasteiger partial charge in [0.2, 0.25) is 10.0 Å². The first kappa shape index (κ1) is 23.3. The molecule has 0 atom stereocenters. The lowest BCUT2D eigenvalue weighted by atomic mass is 10.1. The van der Waals surface area contributed by atoms with Gasteiger partial charge >= 0.3 is 0 Å². The van der Waals surface area contributed by atoms with Gasteiger partial charge in [-0.25, -0.2) is 8.42 Å². The van der Waals surface area contributed by atoms with E-state index in [4.69, 9.17) is 16.3 Å². The second-order valence-corrected chi connectivity index (χ2v) is 8.75. The fourth-order valence-electron chi connectivity index (χ4n) is 2.98. The highest BCUT2D eigenvalue weighted by molar-refractivity contribution is 7.89. The number of methoxy groups -OCH3 is 1. The zero-order valence-corrected chi connectivity index (χ0v) is 18.5. The highest BCUT2D eigenvalue weighted by atomic mass is 35.5. The summed E-state index contributed by atoms with van der Waals surface area (Å²) >= 11 is 6.19. The van der Waals surface area contributed by atoms with E-state index in [1.165, 1.54) is 16.4 Å². The van der Waals surface area contributed by atoms with Crippen molar-refractivity contribution in [2.45, 2.75) is 25.3 Å². The lowest BCUT2D eigenvalue weighted by Crippen LogP contribution is -2.34. The summed E-state index contributed by atoms with van der Waals surface area (Å²) in [4.78, 5) is 14.8. The van der Waals surface area contributed by atoms with E-state index in [1.54, 1.807) is 31.9 Å². The standard InChI is InChI=1S/C21H27ClN2O4S/c1-4-24(5-2)29(26,27)20-15-18(11-12-19(20)22)21(25)23(13-14-28-3)16-17-9-7-6-8-10-17/h6-12,15H,4-5,13-14,16H2,1-3H3. The minimum absolute atomic E-state index is 0.0554. The van der Waals surface area contributed by atoms with E-state index in [-0.39, 0.29) is 21.4 Å². The number of amides is 1. The molecule has 0 aliphatic carbocycles. The summed E-state index contributed by atoms with van der Waals surface area (Å²) < 4.78 is 32.3. The Hall–Kier alpha value is -1.93. The molecule has 0 heterocycles. The maximum atomic E-state index is 13.2. The minimum Gasteiger partial charge on any atom is -0.383 e. The molecule has 2 aromatic rings. The van der Waals surface area contributed by atoms with Gasteiger partial charge in [0.15, 0.2) is 0 Å². The molecule has 0 spiro atoms. The van der Waals surface area contributed by atoms with Crippen molar-refractivity contribution in [3.05, 3.63) is 64.7 Å². The van der Waals surface area contributed by atoms with Crippen LogP contribution in [0.4, 0.5) is 0 Å². The van der Waals surface area contributed by atoms with E-state index < -0.39 is 10.0 Å². The molecule has 2 rings (SSSR count). The second kappa shape index (κ2) is 10.7. The first-order chi connectivity index (χ1) is 13.8. The number of sulfonamides is 1. The van der Waals surface area contributed by atoms with Gasteiger partial charge in [0.1, 0.15) is 4.90 Å². The van der Waals surface area contributed by atoms with Crippen LogP contribution in [-0.2, 0) is 21.3 Å². The van der Waals surface area contributed by atoms with Crippen LogP contribution in [0.5, 0.6) is 0 Å². The smallest absolute Gasteiger partial charge is 0.254 e. The van der Waals surface area contributed by atoms with Gasteiger partial charge in [-0.2, -0.15) is 4.31 Å². The highest BCUT2D eigenvalue weighted by Gasteiger charge is 2.26. The SMILES string of the molecule is CCN(CC)S(=O)(=O)c1cc(C(=O)N(CCOC)Cc2ccccc2)ccc1Cl. The normalized spacial score (nSPS) is 11.6. The Kier molecular flexibility index (Phi) is 8.64. The van der Waals surface area contributed by atoms with Gasteiger partial charge in [-0.05, 0) is 23.8 Å². The molecule has 0 aromatic heterocycles. The van der Waals surface area contributed by atoms with Crippen molar-refractivity contribution in [3.63, 3.8) is 0 Å². The van der Waals surface area contributed by atoms with E-state index in [0.717, 1.165) is 5.56 Å². The van der Waals surface area contributed by atoms with E-state index in [9.17, 15) is 13.2 Å². The van der Waals surface area contributed by atoms with Gasteiger partial charge in [-0.15, -0.1) is 0 Å². The topological polar surface area (TPSA) is 66.9 Å². The molecule has 0 saturated heterocycles. The van der Waals surface area contributed by atoms with Gasteiger partial charge in [0.05, 0.1) is 11.6 Å². The van der Waals surface area contributed by atoms with Crippen molar-refractivity contribution in [1.29, 1.82) is 0 Å². The molecule has 0 saturated carbocycles. The number of rotatable bonds is 10. The Morgan fingerprint density at radius 2 is 1.72 bits per heavy atom. The van der Waals surface area contributed by atoms with Crippen LogP contribution >= 0.6 is 11.6 Å². The number of hydrogen-bond donors (Lipinski definition) is 0. The number of halogens is 1. The van der Waals surface area contributed by atoms with Crippen molar-refractivity contribution in [3.8, 4) is 0 Å². The van der Waals surface area contributed by atoms with Crippen LogP contribution in [0.3, 0.4) is 0 Å². The zero-order chi connectivity index (χ0) is 21.4. The molecule has 2 aromatic carbocycles. The van der Waals surface area contributed by atoms with Gasteiger partial charge < -0.3 is 9.64 Å². The summed E-state index contributed by atoms with van der Waals surface area (Å²) in [6, 6.07) is 14.0. The van der Waals surface area contributed by atoms with Crippen LogP contribution in [0.2, 0.25) is 5.02 Å². The molecular weight excluding hydrogens is 412 g/mol. The first-order valence-corrected chi connectivity index (χ1v) is 11.3. The number of nitrogens with zero attached hydrogens (tertiary/aromatic N) is 2. The Morgan fingerprint density at radius 1 is 1.07 bits per heavy atom. The van der Waals surface area contributed by atoms with Gasteiger partial charge in [0, 0.05) is 38.9 Å². The van der Waals surface area contributed by atoms with E-state index in [1.807, 2.05) is 30.3 Å². The quantitative estimate of drug-likeness (QED) is 0.567. The molecular formula is C21H27ClN2O4S. The van der Waals surface area contributed by atoms with Gasteiger partial charge in [0.25, 0.3) is 5.91 Å². The lowest BCUT2D eigenvalue weighted by Gasteiger charge is -2.24. The zero-order valence-electron chi connectivity index (χ0n) is 17.0. The van der Waals surface area contributed by atoms with Gasteiger partial charge in [-0.1, -0.05) is 55.8 Å². The Balaban J connectivity index is 2.39. The van der Waals surface area contributed by atoms with Crippen molar-refractivity contribution >= 4 is 27.5 Å². The van der Waals surface area contributed by atoms with Crippen LogP contribution in [-0.4, -0.2) is 56.9 Å². The molecule has 0 aliphatic heterocycles.